The number of rotatable bonds is 4. The predicted molar refractivity (Wildman–Crippen MR) is 70.7 cm³/mol. The van der Waals surface area contributed by atoms with Gasteiger partial charge in [0.2, 0.25) is 0 Å². The van der Waals surface area contributed by atoms with Crippen LogP contribution >= 0.6 is 0 Å². The highest BCUT2D eigenvalue weighted by molar-refractivity contribution is 7.94. The molecule has 0 aromatic heterocycles. The lowest BCUT2D eigenvalue weighted by atomic mass is 10.0. The van der Waals surface area contributed by atoms with Gasteiger partial charge in [0, 0.05) is 18.5 Å². The number of carboxylic acid groups (broad SMARTS) is 1. The number of piperidine rings is 1. The average molecular weight is 324 g/mol. The molecule has 1 saturated heterocycles. The van der Waals surface area contributed by atoms with E-state index in [0.29, 0.717) is 12.8 Å². The van der Waals surface area contributed by atoms with Crippen molar-refractivity contribution >= 4 is 26.0 Å². The Hall–Kier alpha value is -0.970. The number of nitrogens with one attached hydrogen (secondary N) is 1. The second-order valence-electron chi connectivity index (χ2n) is 4.92. The molecule has 2 rings (SSSR count). The van der Waals surface area contributed by atoms with Crippen molar-refractivity contribution in [3.05, 3.63) is 11.5 Å². The molecule has 2 heterocycles. The molecule has 114 valence electrons. The van der Waals surface area contributed by atoms with E-state index in [0.717, 1.165) is 9.71 Å². The molecule has 0 aliphatic carbocycles. The van der Waals surface area contributed by atoms with Crippen LogP contribution in [0.4, 0.5) is 0 Å². The lowest BCUT2D eigenvalue weighted by Gasteiger charge is -2.30. The Kier molecular flexibility index (Phi) is 4.19. The molecule has 0 saturated carbocycles. The molecule has 2 aliphatic heterocycles. The van der Waals surface area contributed by atoms with Crippen LogP contribution in [-0.4, -0.2) is 57.1 Å². The topological polar surface area (TPSA) is 121 Å². The van der Waals surface area contributed by atoms with E-state index in [9.17, 15) is 21.6 Å². The predicted octanol–water partition coefficient (Wildman–Crippen LogP) is -1.07. The van der Waals surface area contributed by atoms with Gasteiger partial charge in [-0.1, -0.05) is 6.08 Å². The summed E-state index contributed by atoms with van der Waals surface area (Å²) < 4.78 is 50.0. The molecule has 0 amide bonds. The quantitative estimate of drug-likeness (QED) is 0.679. The minimum Gasteiger partial charge on any atom is -0.481 e. The van der Waals surface area contributed by atoms with Crippen LogP contribution in [0.5, 0.6) is 0 Å². The summed E-state index contributed by atoms with van der Waals surface area (Å²) in [5.41, 5.74) is 0. The Bertz CT molecular complexity index is 624. The smallest absolute Gasteiger partial charge is 0.307 e. The Balaban J connectivity index is 2.04. The van der Waals surface area contributed by atoms with E-state index in [1.165, 1.54) is 6.08 Å². The Morgan fingerprint density at radius 2 is 2.10 bits per heavy atom. The summed E-state index contributed by atoms with van der Waals surface area (Å²) in [6.07, 6.45) is 2.20. The van der Waals surface area contributed by atoms with Crippen molar-refractivity contribution in [3.63, 3.8) is 0 Å². The number of hydrogen-bond acceptors (Lipinski definition) is 5. The van der Waals surface area contributed by atoms with Crippen LogP contribution in [0.25, 0.3) is 0 Å². The Morgan fingerprint density at radius 1 is 1.40 bits per heavy atom. The van der Waals surface area contributed by atoms with Gasteiger partial charge in [0.15, 0.2) is 9.84 Å². The zero-order chi connectivity index (χ0) is 15.0. The highest BCUT2D eigenvalue weighted by Gasteiger charge is 2.34. The Labute approximate surface area is 117 Å². The van der Waals surface area contributed by atoms with Crippen LogP contribution in [0.15, 0.2) is 11.5 Å². The van der Waals surface area contributed by atoms with Gasteiger partial charge < -0.3 is 5.11 Å². The van der Waals surface area contributed by atoms with Crippen molar-refractivity contribution in [3.8, 4) is 0 Å². The fourth-order valence-electron chi connectivity index (χ4n) is 2.28. The number of carboxylic acids is 1. The monoisotopic (exact) mass is 324 g/mol. The van der Waals surface area contributed by atoms with Crippen molar-refractivity contribution in [2.45, 2.75) is 18.9 Å². The summed E-state index contributed by atoms with van der Waals surface area (Å²) in [5.74, 6) is -2.04. The molecule has 0 spiro atoms. The van der Waals surface area contributed by atoms with Gasteiger partial charge in [0.1, 0.15) is 0 Å². The summed E-state index contributed by atoms with van der Waals surface area (Å²) in [5, 5.41) is 9.92. The molecule has 0 bridgehead atoms. The fraction of sp³-hybridized carbons (Fsp3) is 0.700. The van der Waals surface area contributed by atoms with Crippen molar-refractivity contribution in [1.82, 2.24) is 9.03 Å². The summed E-state index contributed by atoms with van der Waals surface area (Å²) in [7, 11) is -7.22. The standard InChI is InChI=1S/C10H16N2O6S2/c13-10(14)8-2-1-4-12(6-8)20(17,18)11-9-3-5-19(15,16)7-9/h3,5,8-9,11H,1-2,4,6-7H2,(H,13,14). The maximum Gasteiger partial charge on any atom is 0.307 e. The fourth-order valence-corrected chi connectivity index (χ4v) is 5.06. The SMILES string of the molecule is O=C(O)C1CCCN(S(=O)(=O)NC2C=CS(=O)(=O)C2)C1. The maximum absolute atomic E-state index is 12.1. The van der Waals surface area contributed by atoms with E-state index >= 15 is 0 Å². The number of nitrogens with zero attached hydrogens (tertiary/aromatic N) is 1. The van der Waals surface area contributed by atoms with Gasteiger partial charge in [0.05, 0.1) is 17.7 Å². The summed E-state index contributed by atoms with van der Waals surface area (Å²) >= 11 is 0. The molecule has 0 aromatic carbocycles. The van der Waals surface area contributed by atoms with Gasteiger partial charge in [-0.2, -0.15) is 17.4 Å². The normalized spacial score (nSPS) is 30.4. The molecular weight excluding hydrogens is 308 g/mol. The molecule has 1 fully saturated rings. The first-order valence-electron chi connectivity index (χ1n) is 6.11. The van der Waals surface area contributed by atoms with E-state index in [4.69, 9.17) is 5.11 Å². The molecule has 20 heavy (non-hydrogen) atoms. The van der Waals surface area contributed by atoms with E-state index < -0.39 is 38.0 Å². The third-order valence-electron chi connectivity index (χ3n) is 3.30. The van der Waals surface area contributed by atoms with Crippen LogP contribution in [-0.2, 0) is 24.8 Å². The van der Waals surface area contributed by atoms with Gasteiger partial charge in [-0.15, -0.1) is 0 Å². The highest BCUT2D eigenvalue weighted by Crippen LogP contribution is 2.19. The van der Waals surface area contributed by atoms with E-state index in [2.05, 4.69) is 4.72 Å². The minimum atomic E-state index is -3.88. The summed E-state index contributed by atoms with van der Waals surface area (Å²) in [6, 6.07) is -0.796. The van der Waals surface area contributed by atoms with Crippen LogP contribution in [0.3, 0.4) is 0 Å². The van der Waals surface area contributed by atoms with E-state index in [1.54, 1.807) is 0 Å². The van der Waals surface area contributed by atoms with Crippen molar-refractivity contribution in [2.75, 3.05) is 18.8 Å². The second kappa shape index (κ2) is 5.43. The third kappa shape index (κ3) is 3.57. The lowest BCUT2D eigenvalue weighted by Crippen LogP contribution is -2.50. The van der Waals surface area contributed by atoms with E-state index in [1.807, 2.05) is 0 Å². The van der Waals surface area contributed by atoms with E-state index in [-0.39, 0.29) is 18.8 Å². The highest BCUT2D eigenvalue weighted by atomic mass is 32.2. The zero-order valence-electron chi connectivity index (χ0n) is 10.6. The Morgan fingerprint density at radius 3 is 2.65 bits per heavy atom. The molecule has 8 nitrogen and oxygen atoms in total. The number of aliphatic carboxylic acids is 1. The van der Waals surface area contributed by atoms with Gasteiger partial charge in [-0.05, 0) is 12.8 Å². The lowest BCUT2D eigenvalue weighted by molar-refractivity contribution is -0.142. The van der Waals surface area contributed by atoms with Gasteiger partial charge in [0.25, 0.3) is 10.2 Å². The average Bonchev–Trinajstić information content (AvgIpc) is 2.68. The first-order valence-corrected chi connectivity index (χ1v) is 9.26. The number of carbonyl (C=O) groups is 1. The molecule has 2 aliphatic rings. The van der Waals surface area contributed by atoms with Crippen LogP contribution in [0.1, 0.15) is 12.8 Å². The first-order chi connectivity index (χ1) is 9.20. The van der Waals surface area contributed by atoms with Gasteiger partial charge in [-0.25, -0.2) is 8.42 Å². The molecule has 0 aromatic rings. The molecular formula is C10H16N2O6S2. The van der Waals surface area contributed by atoms with Crippen LogP contribution in [0, 0.1) is 5.92 Å². The first kappa shape index (κ1) is 15.4. The maximum atomic E-state index is 12.1. The molecule has 2 atom stereocenters. The minimum absolute atomic E-state index is 0.0894. The summed E-state index contributed by atoms with van der Waals surface area (Å²) in [4.78, 5) is 10.9. The molecule has 10 heteroatoms. The molecule has 2 N–H and O–H groups in total. The summed E-state index contributed by atoms with van der Waals surface area (Å²) in [6.45, 7) is 0.149. The zero-order valence-corrected chi connectivity index (χ0v) is 12.2. The van der Waals surface area contributed by atoms with Gasteiger partial charge >= 0.3 is 5.97 Å². The van der Waals surface area contributed by atoms with Crippen LogP contribution in [0.2, 0.25) is 0 Å². The number of hydrogen-bond donors (Lipinski definition) is 2. The van der Waals surface area contributed by atoms with Crippen LogP contribution < -0.4 is 4.72 Å². The van der Waals surface area contributed by atoms with Gasteiger partial charge in [-0.3, -0.25) is 4.79 Å². The molecule has 0 radical (unpaired) electrons. The van der Waals surface area contributed by atoms with Crippen molar-refractivity contribution < 1.29 is 26.7 Å². The second-order valence-corrected chi connectivity index (χ2v) is 8.56. The van der Waals surface area contributed by atoms with Crippen molar-refractivity contribution in [2.24, 2.45) is 5.92 Å². The van der Waals surface area contributed by atoms with Crippen molar-refractivity contribution in [1.29, 1.82) is 0 Å². The third-order valence-corrected chi connectivity index (χ3v) is 6.31. The largest absolute Gasteiger partial charge is 0.481 e. The number of sulfone groups is 1. The molecule has 2 unspecified atom stereocenters.